The minimum absolute atomic E-state index is 0.916. The number of rotatable bonds is 7. The molecule has 12 aromatic carbocycles. The average Bonchev–Trinajstić information content (AvgIpc) is 3.05. The second kappa shape index (κ2) is 17.6. The first kappa shape index (κ1) is 45.6. The molecule has 0 aliphatic carbocycles. The molecule has 0 unspecified atom stereocenters. The highest BCUT2D eigenvalue weighted by molar-refractivity contribution is 6.21. The highest BCUT2D eigenvalue weighted by Gasteiger charge is 2.24. The minimum atomic E-state index is 0.916. The summed E-state index contributed by atoms with van der Waals surface area (Å²) in [5.74, 6) is 0. The van der Waals surface area contributed by atoms with Crippen molar-refractivity contribution in [3.63, 3.8) is 0 Å². The molecule has 0 aliphatic rings. The fraction of sp³-hybridized carbons (Fsp3) is 0. The zero-order valence-electron chi connectivity index (χ0n) is 44.9. The van der Waals surface area contributed by atoms with Crippen molar-refractivity contribution in [1.29, 1.82) is 0 Å². The predicted molar refractivity (Wildman–Crippen MR) is 347 cm³/mol. The summed E-state index contributed by atoms with van der Waals surface area (Å²) >= 11 is 0. The summed E-state index contributed by atoms with van der Waals surface area (Å²) in [7, 11) is 0. The predicted octanol–water partition coefficient (Wildman–Crippen LogP) is 19.9. The van der Waals surface area contributed by atoms with Gasteiger partial charge in [0.05, 0.1) is 72.2 Å². The Morgan fingerprint density at radius 2 is 0.446 bits per heavy atom. The molecule has 6 heteroatoms. The van der Waals surface area contributed by atoms with Crippen molar-refractivity contribution < 1.29 is 0 Å². The van der Waals surface area contributed by atoms with Gasteiger partial charge in [-0.1, -0.05) is 170 Å². The van der Waals surface area contributed by atoms with E-state index < -0.39 is 0 Å². The van der Waals surface area contributed by atoms with Crippen molar-refractivity contribution in [2.45, 2.75) is 0 Å². The van der Waals surface area contributed by atoms with Crippen molar-refractivity contribution in [3.8, 4) is 51.0 Å². The number of aromatic nitrogens is 6. The SMILES string of the molecule is c1ccc(-c2cc(-n3c4ccc(-n5c6ccccc6c6cc7c8ccccc8n(-c8ccccc8)c7cc65)cc4c4cc(-n5c6ccccc6c6cc7c8ccccc8n(-c8ccccc8)c7cc65)ccc43)cc(-c3ccccc3)n2)cc1. The van der Waals surface area contributed by atoms with E-state index in [9.17, 15) is 0 Å². The van der Waals surface area contributed by atoms with E-state index in [0.717, 1.165) is 94.8 Å². The number of hydrogen-bond donors (Lipinski definition) is 0. The summed E-state index contributed by atoms with van der Waals surface area (Å²) in [6.45, 7) is 0. The zero-order chi connectivity index (χ0) is 54.3. The minimum Gasteiger partial charge on any atom is -0.309 e. The van der Waals surface area contributed by atoms with Crippen LogP contribution in [0.5, 0.6) is 0 Å². The van der Waals surface area contributed by atoms with Gasteiger partial charge < -0.3 is 22.8 Å². The number of benzene rings is 12. The van der Waals surface area contributed by atoms with Crippen LogP contribution < -0.4 is 0 Å². The second-order valence-electron chi connectivity index (χ2n) is 21.9. The normalized spacial score (nSPS) is 12.1. The highest BCUT2D eigenvalue weighted by Crippen LogP contribution is 2.44. The lowest BCUT2D eigenvalue weighted by atomic mass is 10.1. The molecular weight excluding hydrogens is 1010 g/mol. The lowest BCUT2D eigenvalue weighted by molar-refractivity contribution is 1.15. The van der Waals surface area contributed by atoms with Crippen LogP contribution in [0.15, 0.2) is 291 Å². The third kappa shape index (κ3) is 6.75. The molecule has 6 nitrogen and oxygen atoms in total. The first-order chi connectivity index (χ1) is 41.2. The van der Waals surface area contributed by atoms with Gasteiger partial charge in [-0.05, 0) is 121 Å². The summed E-state index contributed by atoms with van der Waals surface area (Å²) in [4.78, 5) is 5.35. The third-order valence-electron chi connectivity index (χ3n) is 17.4. The molecule has 6 aromatic heterocycles. The maximum atomic E-state index is 5.35. The maximum absolute atomic E-state index is 5.35. The summed E-state index contributed by atoms with van der Waals surface area (Å²) in [5, 5.41) is 12.1. The van der Waals surface area contributed by atoms with Crippen LogP contribution in [-0.4, -0.2) is 27.8 Å². The van der Waals surface area contributed by atoms with E-state index in [1.165, 1.54) is 65.2 Å². The van der Waals surface area contributed by atoms with E-state index in [4.69, 9.17) is 4.98 Å². The molecule has 386 valence electrons. The van der Waals surface area contributed by atoms with Crippen molar-refractivity contribution in [2.75, 3.05) is 0 Å². The van der Waals surface area contributed by atoms with E-state index in [1.807, 2.05) is 0 Å². The van der Waals surface area contributed by atoms with Gasteiger partial charge in [0.15, 0.2) is 0 Å². The van der Waals surface area contributed by atoms with E-state index in [-0.39, 0.29) is 0 Å². The van der Waals surface area contributed by atoms with Gasteiger partial charge in [0.2, 0.25) is 0 Å². The van der Waals surface area contributed by atoms with Gasteiger partial charge in [0.1, 0.15) is 0 Å². The lowest BCUT2D eigenvalue weighted by Crippen LogP contribution is -1.99. The Morgan fingerprint density at radius 1 is 0.169 bits per heavy atom. The van der Waals surface area contributed by atoms with E-state index >= 15 is 0 Å². The monoisotopic (exact) mass is 1060 g/mol. The van der Waals surface area contributed by atoms with E-state index in [0.29, 0.717) is 0 Å². The van der Waals surface area contributed by atoms with Crippen LogP contribution in [0.1, 0.15) is 0 Å². The van der Waals surface area contributed by atoms with Gasteiger partial charge in [-0.3, -0.25) is 0 Å². The van der Waals surface area contributed by atoms with Gasteiger partial charge in [0, 0.05) is 87.7 Å². The quantitative estimate of drug-likeness (QED) is 0.157. The first-order valence-corrected chi connectivity index (χ1v) is 28.4. The molecular formula is C77H48N6. The van der Waals surface area contributed by atoms with Crippen LogP contribution in [0, 0.1) is 0 Å². The van der Waals surface area contributed by atoms with E-state index in [2.05, 4.69) is 314 Å². The van der Waals surface area contributed by atoms with Gasteiger partial charge in [-0.15, -0.1) is 0 Å². The molecule has 0 atom stereocenters. The number of nitrogens with zero attached hydrogens (tertiary/aromatic N) is 6. The van der Waals surface area contributed by atoms with Gasteiger partial charge in [-0.25, -0.2) is 4.98 Å². The number of fused-ring (bicyclic) bond motifs is 15. The largest absolute Gasteiger partial charge is 0.309 e. The fourth-order valence-corrected chi connectivity index (χ4v) is 13.8. The molecule has 0 fully saturated rings. The fourth-order valence-electron chi connectivity index (χ4n) is 13.8. The van der Waals surface area contributed by atoms with Crippen LogP contribution >= 0.6 is 0 Å². The van der Waals surface area contributed by atoms with Crippen molar-refractivity contribution in [1.82, 2.24) is 27.8 Å². The van der Waals surface area contributed by atoms with Crippen molar-refractivity contribution in [2.24, 2.45) is 0 Å². The van der Waals surface area contributed by atoms with Gasteiger partial charge >= 0.3 is 0 Å². The van der Waals surface area contributed by atoms with Crippen molar-refractivity contribution >= 4 is 109 Å². The van der Waals surface area contributed by atoms with Crippen molar-refractivity contribution in [3.05, 3.63) is 291 Å². The molecule has 0 spiro atoms. The molecule has 0 radical (unpaired) electrons. The molecule has 0 saturated carbocycles. The summed E-state index contributed by atoms with van der Waals surface area (Å²) in [6.07, 6.45) is 0. The Labute approximate surface area is 476 Å². The Morgan fingerprint density at radius 3 is 0.807 bits per heavy atom. The molecule has 6 heterocycles. The van der Waals surface area contributed by atoms with E-state index in [1.54, 1.807) is 0 Å². The summed E-state index contributed by atoms with van der Waals surface area (Å²) in [6, 6.07) is 107. The molecule has 18 aromatic rings. The molecule has 0 bridgehead atoms. The highest BCUT2D eigenvalue weighted by atomic mass is 15.0. The summed E-state index contributed by atoms with van der Waals surface area (Å²) in [5.41, 5.74) is 21.0. The molecule has 83 heavy (non-hydrogen) atoms. The Bertz CT molecular complexity index is 5320. The van der Waals surface area contributed by atoms with Gasteiger partial charge in [-0.2, -0.15) is 0 Å². The molecule has 0 amide bonds. The van der Waals surface area contributed by atoms with Gasteiger partial charge in [0.25, 0.3) is 0 Å². The molecule has 0 N–H and O–H groups in total. The number of hydrogen-bond acceptors (Lipinski definition) is 1. The number of para-hydroxylation sites is 6. The first-order valence-electron chi connectivity index (χ1n) is 28.4. The van der Waals surface area contributed by atoms with Crippen LogP contribution in [0.2, 0.25) is 0 Å². The van der Waals surface area contributed by atoms with Crippen LogP contribution in [0.4, 0.5) is 0 Å². The molecule has 0 aliphatic heterocycles. The Hall–Kier alpha value is -11.2. The number of pyridine rings is 1. The third-order valence-corrected chi connectivity index (χ3v) is 17.4. The molecule has 0 saturated heterocycles. The standard InChI is InChI=1S/C77H48N6/c1-5-21-49(22-6-1)66-43-55(44-67(78-66)50-23-7-2-8-24-50)83-72-39-37-53(81-70-35-19-15-31-58(70)64-45-62-56-29-13-17-33-68(56)79(74(62)47-76(64)81)51-25-9-3-10-26-51)41-60(72)61-42-54(38-40-73(61)83)82-71-36-20-16-32-59(71)65-46-63-57-30-14-18-34-69(57)80(75(63)48-77(65)82)52-27-11-4-12-28-52/h1-48H. The topological polar surface area (TPSA) is 37.5 Å². The molecule has 18 rings (SSSR count). The Balaban J connectivity index is 0.933. The average molecular weight is 1060 g/mol. The second-order valence-corrected chi connectivity index (χ2v) is 21.9. The Kier molecular flexibility index (Phi) is 9.70. The summed E-state index contributed by atoms with van der Waals surface area (Å²) < 4.78 is 12.3. The zero-order valence-corrected chi connectivity index (χ0v) is 44.9. The smallest absolute Gasteiger partial charge is 0.0730 e. The van der Waals surface area contributed by atoms with Crippen LogP contribution in [-0.2, 0) is 0 Å². The lowest BCUT2D eigenvalue weighted by Gasteiger charge is -2.14. The maximum Gasteiger partial charge on any atom is 0.0730 e. The van der Waals surface area contributed by atoms with Crippen LogP contribution in [0.25, 0.3) is 160 Å². The van der Waals surface area contributed by atoms with Crippen LogP contribution in [0.3, 0.4) is 0 Å².